The van der Waals surface area contributed by atoms with Gasteiger partial charge in [-0.1, -0.05) is 26.8 Å². The summed E-state index contributed by atoms with van der Waals surface area (Å²) >= 11 is 0. The summed E-state index contributed by atoms with van der Waals surface area (Å²) in [6.45, 7) is 6.64. The lowest BCUT2D eigenvalue weighted by Crippen LogP contribution is -2.17. The third-order valence-electron chi connectivity index (χ3n) is 3.83. The van der Waals surface area contributed by atoms with Crippen LogP contribution in [-0.4, -0.2) is 21.6 Å². The highest BCUT2D eigenvalue weighted by molar-refractivity contribution is 5.68. The van der Waals surface area contributed by atoms with Gasteiger partial charge in [0, 0.05) is 17.8 Å². The van der Waals surface area contributed by atoms with Gasteiger partial charge in [0.15, 0.2) is 0 Å². The van der Waals surface area contributed by atoms with Crippen molar-refractivity contribution in [3.63, 3.8) is 0 Å². The van der Waals surface area contributed by atoms with Crippen LogP contribution in [0.15, 0.2) is 42.7 Å². The van der Waals surface area contributed by atoms with Crippen molar-refractivity contribution in [3.05, 3.63) is 54.2 Å². The van der Waals surface area contributed by atoms with Crippen molar-refractivity contribution in [1.29, 1.82) is 0 Å². The number of nitrogens with one attached hydrogen (secondary N) is 1. The zero-order valence-electron chi connectivity index (χ0n) is 15.6. The summed E-state index contributed by atoms with van der Waals surface area (Å²) < 4.78 is 58.1. The predicted molar refractivity (Wildman–Crippen MR) is 97.2 cm³/mol. The first-order valence-electron chi connectivity index (χ1n) is 8.54. The van der Waals surface area contributed by atoms with E-state index in [1.54, 1.807) is 24.4 Å². The van der Waals surface area contributed by atoms with Gasteiger partial charge in [0.25, 0.3) is 0 Å². The first kappa shape index (κ1) is 19.9. The first-order chi connectivity index (χ1) is 13.0. The molecule has 8 heteroatoms. The number of aromatic amines is 1. The van der Waals surface area contributed by atoms with Gasteiger partial charge in [-0.15, -0.1) is 0 Å². The third-order valence-corrected chi connectivity index (χ3v) is 3.83. The number of rotatable bonds is 4. The van der Waals surface area contributed by atoms with Crippen LogP contribution in [0.25, 0.3) is 22.5 Å². The smallest absolute Gasteiger partial charge is 0.432 e. The molecule has 2 aromatic heterocycles. The standard InChI is InChI=1S/C20H19F4N3O/c1-19(2,3)11-28-17-7-5-13(9-25-17)12-4-6-14(15(21)8-12)18-26-10-16(27-18)20(22,23)24/h4-10H,11H2,1-3H3,(H,26,27). The predicted octanol–water partition coefficient (Wildman–Crippen LogP) is 5.72. The van der Waals surface area contributed by atoms with Crippen LogP contribution in [0.2, 0.25) is 0 Å². The molecule has 0 spiro atoms. The number of hydrogen-bond donors (Lipinski definition) is 1. The van der Waals surface area contributed by atoms with Crippen molar-refractivity contribution in [3.8, 4) is 28.4 Å². The summed E-state index contributed by atoms with van der Waals surface area (Å²) in [5, 5.41) is 0. The summed E-state index contributed by atoms with van der Waals surface area (Å²) in [5.41, 5.74) is 0.123. The summed E-state index contributed by atoms with van der Waals surface area (Å²) in [4.78, 5) is 9.93. The molecular formula is C20H19F4N3O. The number of H-pyrrole nitrogens is 1. The number of halogens is 4. The Morgan fingerprint density at radius 3 is 2.21 bits per heavy atom. The van der Waals surface area contributed by atoms with E-state index in [4.69, 9.17) is 4.74 Å². The Morgan fingerprint density at radius 1 is 0.964 bits per heavy atom. The van der Waals surface area contributed by atoms with Crippen LogP contribution in [-0.2, 0) is 6.18 Å². The molecule has 0 atom stereocenters. The molecule has 3 aromatic rings. The van der Waals surface area contributed by atoms with Crippen molar-refractivity contribution in [2.75, 3.05) is 6.61 Å². The van der Waals surface area contributed by atoms with Gasteiger partial charge < -0.3 is 9.72 Å². The molecule has 3 rings (SSSR count). The molecule has 0 aliphatic heterocycles. The lowest BCUT2D eigenvalue weighted by molar-refractivity contribution is -0.140. The van der Waals surface area contributed by atoms with Crippen molar-refractivity contribution in [2.45, 2.75) is 26.9 Å². The average molecular weight is 393 g/mol. The fourth-order valence-corrected chi connectivity index (χ4v) is 2.42. The van der Waals surface area contributed by atoms with Crippen LogP contribution in [0.5, 0.6) is 5.88 Å². The molecule has 0 unspecified atom stereocenters. The highest BCUT2D eigenvalue weighted by Crippen LogP contribution is 2.31. The van der Waals surface area contributed by atoms with Crippen molar-refractivity contribution in [2.24, 2.45) is 5.41 Å². The van der Waals surface area contributed by atoms with Gasteiger partial charge in [0.1, 0.15) is 17.3 Å². The van der Waals surface area contributed by atoms with Crippen LogP contribution >= 0.6 is 0 Å². The van der Waals surface area contributed by atoms with E-state index < -0.39 is 17.7 Å². The Labute approximate surface area is 159 Å². The van der Waals surface area contributed by atoms with Crippen molar-refractivity contribution >= 4 is 0 Å². The van der Waals surface area contributed by atoms with E-state index in [0.717, 1.165) is 0 Å². The molecule has 0 aliphatic rings. The van der Waals surface area contributed by atoms with E-state index in [0.29, 0.717) is 29.8 Å². The molecular weight excluding hydrogens is 374 g/mol. The molecule has 0 amide bonds. The zero-order valence-corrected chi connectivity index (χ0v) is 15.6. The number of ether oxygens (including phenoxy) is 1. The largest absolute Gasteiger partial charge is 0.477 e. The number of alkyl halides is 3. The minimum absolute atomic E-state index is 0.00283. The maximum atomic E-state index is 14.5. The molecule has 1 aromatic carbocycles. The second-order valence-electron chi connectivity index (χ2n) is 7.57. The Morgan fingerprint density at radius 2 is 1.68 bits per heavy atom. The molecule has 0 aliphatic carbocycles. The Hall–Kier alpha value is -2.90. The quantitative estimate of drug-likeness (QED) is 0.577. The summed E-state index contributed by atoms with van der Waals surface area (Å²) in [6.07, 6.45) is -2.37. The lowest BCUT2D eigenvalue weighted by atomic mass is 9.99. The second-order valence-corrected chi connectivity index (χ2v) is 7.57. The zero-order chi connectivity index (χ0) is 20.5. The van der Waals surface area contributed by atoms with Crippen LogP contribution in [0.4, 0.5) is 17.6 Å². The van der Waals surface area contributed by atoms with Gasteiger partial charge in [-0.3, -0.25) is 0 Å². The van der Waals surface area contributed by atoms with Gasteiger partial charge in [-0.25, -0.2) is 14.4 Å². The van der Waals surface area contributed by atoms with E-state index in [9.17, 15) is 17.6 Å². The highest BCUT2D eigenvalue weighted by atomic mass is 19.4. The number of pyridine rings is 1. The number of aromatic nitrogens is 3. The number of benzene rings is 1. The van der Waals surface area contributed by atoms with Gasteiger partial charge in [0.05, 0.1) is 18.4 Å². The summed E-state index contributed by atoms with van der Waals surface area (Å²) in [5.74, 6) is -0.403. The fraction of sp³-hybridized carbons (Fsp3) is 0.300. The van der Waals surface area contributed by atoms with Crippen molar-refractivity contribution in [1.82, 2.24) is 15.0 Å². The number of hydrogen-bond acceptors (Lipinski definition) is 3. The second kappa shape index (κ2) is 7.26. The molecule has 148 valence electrons. The monoisotopic (exact) mass is 393 g/mol. The molecule has 0 fully saturated rings. The summed E-state index contributed by atoms with van der Waals surface area (Å²) in [6, 6.07) is 7.65. The van der Waals surface area contributed by atoms with Gasteiger partial charge >= 0.3 is 6.18 Å². The first-order valence-corrected chi connectivity index (χ1v) is 8.54. The van der Waals surface area contributed by atoms with E-state index in [1.807, 2.05) is 20.8 Å². The van der Waals surface area contributed by atoms with E-state index in [1.165, 1.54) is 12.1 Å². The van der Waals surface area contributed by atoms with Gasteiger partial charge in [-0.2, -0.15) is 13.2 Å². The van der Waals surface area contributed by atoms with E-state index in [-0.39, 0.29) is 16.8 Å². The normalized spacial score (nSPS) is 12.2. The molecule has 0 bridgehead atoms. The average Bonchev–Trinajstić information content (AvgIpc) is 3.10. The fourth-order valence-electron chi connectivity index (χ4n) is 2.42. The minimum Gasteiger partial charge on any atom is -0.477 e. The summed E-state index contributed by atoms with van der Waals surface area (Å²) in [7, 11) is 0. The Balaban J connectivity index is 1.79. The molecule has 0 saturated carbocycles. The molecule has 28 heavy (non-hydrogen) atoms. The molecule has 1 N–H and O–H groups in total. The van der Waals surface area contributed by atoms with Crippen LogP contribution < -0.4 is 4.74 Å². The Bertz CT molecular complexity index is 957. The van der Waals surface area contributed by atoms with Crippen LogP contribution in [0, 0.1) is 11.2 Å². The highest BCUT2D eigenvalue weighted by Gasteiger charge is 2.33. The maximum Gasteiger partial charge on any atom is 0.432 e. The third kappa shape index (κ3) is 4.68. The number of nitrogens with zero attached hydrogens (tertiary/aromatic N) is 2. The molecule has 2 heterocycles. The topological polar surface area (TPSA) is 50.8 Å². The van der Waals surface area contributed by atoms with E-state index in [2.05, 4.69) is 15.0 Å². The molecule has 4 nitrogen and oxygen atoms in total. The van der Waals surface area contributed by atoms with E-state index >= 15 is 0 Å². The van der Waals surface area contributed by atoms with Crippen LogP contribution in [0.1, 0.15) is 26.5 Å². The molecule has 0 radical (unpaired) electrons. The number of imidazole rings is 1. The lowest BCUT2D eigenvalue weighted by Gasteiger charge is -2.18. The minimum atomic E-state index is -4.57. The SMILES string of the molecule is CC(C)(C)COc1ccc(-c2ccc(-c3ncc(C(F)(F)F)[nH]3)c(F)c2)cn1. The molecule has 0 saturated heterocycles. The maximum absolute atomic E-state index is 14.5. The van der Waals surface area contributed by atoms with Gasteiger partial charge in [0.2, 0.25) is 5.88 Å². The van der Waals surface area contributed by atoms with Crippen molar-refractivity contribution < 1.29 is 22.3 Å². The Kier molecular flexibility index (Phi) is 5.14. The van der Waals surface area contributed by atoms with Gasteiger partial charge in [-0.05, 0) is 29.2 Å². The van der Waals surface area contributed by atoms with Crippen LogP contribution in [0.3, 0.4) is 0 Å².